The minimum absolute atomic E-state index is 0.240. The molecular weight excluding hydrogens is 208 g/mol. The smallest absolute Gasteiger partial charge is 0.132 e. The van der Waals surface area contributed by atoms with Crippen LogP contribution in [0.2, 0.25) is 0 Å². The van der Waals surface area contributed by atoms with Gasteiger partial charge in [0, 0.05) is 10.3 Å². The number of nitrogens with zero attached hydrogens (tertiary/aromatic N) is 1. The van der Waals surface area contributed by atoms with Gasteiger partial charge in [0.15, 0.2) is 0 Å². The van der Waals surface area contributed by atoms with E-state index in [2.05, 4.69) is 5.10 Å². The molecule has 0 spiro atoms. The average molecular weight is 216 g/mol. The van der Waals surface area contributed by atoms with E-state index in [0.29, 0.717) is 5.04 Å². The number of nitrogens with two attached hydrogens (primary N) is 1. The van der Waals surface area contributed by atoms with Gasteiger partial charge >= 0.3 is 0 Å². The van der Waals surface area contributed by atoms with Gasteiger partial charge in [-0.2, -0.15) is 5.10 Å². The van der Waals surface area contributed by atoms with Crippen LogP contribution in [0.5, 0.6) is 5.75 Å². The fourth-order valence-electron chi connectivity index (χ4n) is 1.88. The van der Waals surface area contributed by atoms with Gasteiger partial charge in [-0.15, -0.1) is 0 Å². The van der Waals surface area contributed by atoms with Gasteiger partial charge < -0.3 is 10.9 Å². The molecule has 3 nitrogen and oxygen atoms in total. The van der Waals surface area contributed by atoms with Gasteiger partial charge in [0.25, 0.3) is 0 Å². The first-order valence-corrected chi connectivity index (χ1v) is 5.33. The van der Waals surface area contributed by atoms with Gasteiger partial charge in [-0.25, -0.2) is 0 Å². The van der Waals surface area contributed by atoms with Crippen molar-refractivity contribution >= 4 is 27.6 Å². The highest BCUT2D eigenvalue weighted by atomic mass is 32.2. The number of aromatic hydroxyl groups is 1. The maximum absolute atomic E-state index is 9.79. The van der Waals surface area contributed by atoms with Crippen LogP contribution in [0.25, 0.3) is 10.8 Å². The van der Waals surface area contributed by atoms with Crippen LogP contribution in [-0.4, -0.2) is 10.2 Å². The molecule has 2 aromatic rings. The van der Waals surface area contributed by atoms with Crippen LogP contribution >= 0.6 is 11.8 Å². The first-order chi connectivity index (χ1) is 7.31. The quantitative estimate of drug-likeness (QED) is 0.524. The number of hydrazone groups is 1. The zero-order valence-electron chi connectivity index (χ0n) is 7.77. The first kappa shape index (κ1) is 8.61. The van der Waals surface area contributed by atoms with Crippen molar-refractivity contribution in [1.29, 1.82) is 0 Å². The van der Waals surface area contributed by atoms with E-state index in [1.54, 1.807) is 6.07 Å². The number of hydrogen-bond donors (Lipinski definition) is 2. The van der Waals surface area contributed by atoms with Gasteiger partial charge in [0.2, 0.25) is 0 Å². The van der Waals surface area contributed by atoms with Crippen LogP contribution in [0.15, 0.2) is 40.3 Å². The lowest BCUT2D eigenvalue weighted by atomic mass is 10.0. The van der Waals surface area contributed by atoms with Crippen LogP contribution in [0.3, 0.4) is 0 Å². The van der Waals surface area contributed by atoms with E-state index >= 15 is 0 Å². The normalized spacial score (nSPS) is 16.4. The van der Waals surface area contributed by atoms with Gasteiger partial charge in [0.05, 0.1) is 5.56 Å². The molecule has 0 aromatic heterocycles. The van der Waals surface area contributed by atoms with Crippen molar-refractivity contribution in [1.82, 2.24) is 0 Å². The number of benzene rings is 2. The van der Waals surface area contributed by atoms with Crippen molar-refractivity contribution in [2.45, 2.75) is 4.90 Å². The van der Waals surface area contributed by atoms with Crippen LogP contribution in [0.1, 0.15) is 5.56 Å². The zero-order valence-corrected chi connectivity index (χ0v) is 8.58. The molecule has 0 unspecified atom stereocenters. The van der Waals surface area contributed by atoms with Crippen molar-refractivity contribution in [3.63, 3.8) is 0 Å². The van der Waals surface area contributed by atoms with E-state index in [4.69, 9.17) is 5.84 Å². The molecule has 15 heavy (non-hydrogen) atoms. The molecule has 0 bridgehead atoms. The molecule has 0 radical (unpaired) electrons. The Morgan fingerprint density at radius 2 is 2.07 bits per heavy atom. The summed E-state index contributed by atoms with van der Waals surface area (Å²) in [7, 11) is 0. The highest BCUT2D eigenvalue weighted by molar-refractivity contribution is 8.15. The number of rotatable bonds is 0. The Hall–Kier alpha value is -1.68. The predicted octanol–water partition coefficient (Wildman–Crippen LogP) is 2.27. The number of hydrogen-bond acceptors (Lipinski definition) is 4. The Morgan fingerprint density at radius 1 is 1.20 bits per heavy atom. The van der Waals surface area contributed by atoms with Crippen LogP contribution in [0, 0.1) is 0 Å². The molecule has 1 heterocycles. The minimum atomic E-state index is 0.240. The van der Waals surface area contributed by atoms with Crippen molar-refractivity contribution in [2.24, 2.45) is 10.9 Å². The molecule has 0 saturated heterocycles. The summed E-state index contributed by atoms with van der Waals surface area (Å²) in [6.45, 7) is 0. The average Bonchev–Trinajstić information content (AvgIpc) is 2.64. The van der Waals surface area contributed by atoms with Gasteiger partial charge in [-0.05, 0) is 17.5 Å². The maximum atomic E-state index is 9.79. The second-order valence-electron chi connectivity index (χ2n) is 3.35. The van der Waals surface area contributed by atoms with Crippen molar-refractivity contribution in [3.8, 4) is 5.75 Å². The third kappa shape index (κ3) is 1.05. The second kappa shape index (κ2) is 2.90. The molecular formula is C11H8N2OS. The number of phenolic OH excluding ortho intramolecular Hbond substituents is 1. The lowest BCUT2D eigenvalue weighted by molar-refractivity contribution is 0.475. The predicted molar refractivity (Wildman–Crippen MR) is 62.2 cm³/mol. The van der Waals surface area contributed by atoms with Crippen LogP contribution in [-0.2, 0) is 0 Å². The molecule has 3 N–H and O–H groups in total. The Bertz CT molecular complexity index is 592. The summed E-state index contributed by atoms with van der Waals surface area (Å²) in [6, 6.07) is 9.59. The minimum Gasteiger partial charge on any atom is -0.507 e. The van der Waals surface area contributed by atoms with Gasteiger partial charge in [-0.1, -0.05) is 30.0 Å². The van der Waals surface area contributed by atoms with Crippen LogP contribution < -0.4 is 5.84 Å². The van der Waals surface area contributed by atoms with Gasteiger partial charge in [0.1, 0.15) is 10.8 Å². The molecule has 0 amide bonds. The largest absolute Gasteiger partial charge is 0.507 e. The van der Waals surface area contributed by atoms with Crippen molar-refractivity contribution in [3.05, 3.63) is 35.9 Å². The zero-order chi connectivity index (χ0) is 10.4. The maximum Gasteiger partial charge on any atom is 0.132 e. The molecule has 74 valence electrons. The second-order valence-corrected chi connectivity index (χ2v) is 4.38. The summed E-state index contributed by atoms with van der Waals surface area (Å²) >= 11 is 1.49. The molecule has 0 saturated carbocycles. The molecule has 1 aliphatic heterocycles. The van der Waals surface area contributed by atoms with Gasteiger partial charge in [-0.3, -0.25) is 0 Å². The fourth-order valence-corrected chi connectivity index (χ4v) is 2.92. The SMILES string of the molecule is NN=C1Sc2cccc3ccc(O)c1c23. The number of thioether (sulfide) groups is 1. The number of phenols is 1. The first-order valence-electron chi connectivity index (χ1n) is 4.52. The molecule has 4 heteroatoms. The summed E-state index contributed by atoms with van der Waals surface area (Å²) in [5, 5.41) is 16.3. The fraction of sp³-hybridized carbons (Fsp3) is 0. The van der Waals surface area contributed by atoms with Crippen molar-refractivity contribution in [2.75, 3.05) is 0 Å². The monoisotopic (exact) mass is 216 g/mol. The molecule has 2 aromatic carbocycles. The van der Waals surface area contributed by atoms with Crippen molar-refractivity contribution < 1.29 is 5.11 Å². The van der Waals surface area contributed by atoms with E-state index < -0.39 is 0 Å². The third-order valence-electron chi connectivity index (χ3n) is 2.52. The summed E-state index contributed by atoms with van der Waals surface area (Å²) in [6.07, 6.45) is 0. The highest BCUT2D eigenvalue weighted by Gasteiger charge is 2.24. The summed E-state index contributed by atoms with van der Waals surface area (Å²) in [5.41, 5.74) is 0.760. The van der Waals surface area contributed by atoms with E-state index in [-0.39, 0.29) is 5.75 Å². The lowest BCUT2D eigenvalue weighted by Crippen LogP contribution is -1.95. The van der Waals surface area contributed by atoms with E-state index in [1.807, 2.05) is 24.3 Å². The topological polar surface area (TPSA) is 58.6 Å². The summed E-state index contributed by atoms with van der Waals surface area (Å²) in [4.78, 5) is 1.10. The summed E-state index contributed by atoms with van der Waals surface area (Å²) < 4.78 is 0. The Labute approximate surface area is 90.6 Å². The van der Waals surface area contributed by atoms with E-state index in [0.717, 1.165) is 21.2 Å². The Balaban J connectivity index is 2.53. The highest BCUT2D eigenvalue weighted by Crippen LogP contribution is 2.44. The Morgan fingerprint density at radius 3 is 2.87 bits per heavy atom. The lowest BCUT2D eigenvalue weighted by Gasteiger charge is -2.02. The standard InChI is InChI=1S/C11H8N2OS/c12-13-11-10-7(14)5-4-6-2-1-3-8(15-11)9(6)10/h1-5,14H,12H2. The molecule has 0 fully saturated rings. The van der Waals surface area contributed by atoms with Crippen LogP contribution in [0.4, 0.5) is 0 Å². The van der Waals surface area contributed by atoms with E-state index in [1.165, 1.54) is 11.8 Å². The molecule has 3 rings (SSSR count). The third-order valence-corrected chi connectivity index (χ3v) is 3.59. The summed E-state index contributed by atoms with van der Waals surface area (Å²) in [5.74, 6) is 5.55. The molecule has 0 atom stereocenters. The molecule has 1 aliphatic rings. The Kier molecular flexibility index (Phi) is 1.67. The van der Waals surface area contributed by atoms with E-state index in [9.17, 15) is 5.11 Å². The molecule has 0 aliphatic carbocycles.